The number of alkyl halides is 1. The van der Waals surface area contributed by atoms with Crippen LogP contribution in [0.4, 0.5) is 0 Å². The number of nitrogens with two attached hydrogens (primary N) is 1. The van der Waals surface area contributed by atoms with Crippen LogP contribution < -0.4 is 5.73 Å². The summed E-state index contributed by atoms with van der Waals surface area (Å²) in [6.07, 6.45) is 2.91. The fraction of sp³-hybridized carbons (Fsp3) is 0.333. The van der Waals surface area contributed by atoms with Gasteiger partial charge in [0.1, 0.15) is 0 Å². The lowest BCUT2D eigenvalue weighted by atomic mass is 10.1. The fourth-order valence-corrected chi connectivity index (χ4v) is 0.921. The van der Waals surface area contributed by atoms with Crippen molar-refractivity contribution in [3.63, 3.8) is 0 Å². The normalized spacial score (nSPS) is 8.79. The lowest BCUT2D eigenvalue weighted by Gasteiger charge is -1.94. The highest BCUT2D eigenvalue weighted by molar-refractivity contribution is 6.17. The standard InChI is InChI=1S/C9H9Cl.C3H9N/c1-2-8-3-5-9(7-10)6-4-8;1-2-3-4/h2-6H,1,7H2;2-4H2,1H3. The van der Waals surface area contributed by atoms with Crippen molar-refractivity contribution in [2.45, 2.75) is 19.2 Å². The lowest BCUT2D eigenvalue weighted by Crippen LogP contribution is -1.93. The van der Waals surface area contributed by atoms with Crippen molar-refractivity contribution >= 4 is 17.7 Å². The lowest BCUT2D eigenvalue weighted by molar-refractivity contribution is 0.932. The highest BCUT2D eigenvalue weighted by Crippen LogP contribution is 2.06. The molecule has 1 rings (SSSR count). The van der Waals surface area contributed by atoms with Gasteiger partial charge in [-0.3, -0.25) is 0 Å². The summed E-state index contributed by atoms with van der Waals surface area (Å²) in [6, 6.07) is 8.02. The molecule has 0 aliphatic heterocycles. The zero-order valence-corrected chi connectivity index (χ0v) is 9.43. The highest BCUT2D eigenvalue weighted by atomic mass is 35.5. The van der Waals surface area contributed by atoms with Crippen molar-refractivity contribution in [3.8, 4) is 0 Å². The molecular weight excluding hydrogens is 194 g/mol. The van der Waals surface area contributed by atoms with Gasteiger partial charge < -0.3 is 5.73 Å². The van der Waals surface area contributed by atoms with Crippen LogP contribution in [-0.4, -0.2) is 6.54 Å². The molecule has 0 heterocycles. The molecule has 0 atom stereocenters. The largest absolute Gasteiger partial charge is 0.330 e. The molecule has 0 unspecified atom stereocenters. The summed E-state index contributed by atoms with van der Waals surface area (Å²) in [7, 11) is 0. The summed E-state index contributed by atoms with van der Waals surface area (Å²) >= 11 is 5.60. The Balaban J connectivity index is 0.000000364. The van der Waals surface area contributed by atoms with Crippen LogP contribution >= 0.6 is 11.6 Å². The molecular formula is C12H18ClN. The number of hydrogen-bond donors (Lipinski definition) is 1. The summed E-state index contributed by atoms with van der Waals surface area (Å²) in [6.45, 7) is 6.53. The van der Waals surface area contributed by atoms with Gasteiger partial charge in [0.15, 0.2) is 0 Å². The first-order valence-electron chi connectivity index (χ1n) is 4.75. The molecule has 0 aromatic heterocycles. The van der Waals surface area contributed by atoms with Crippen LogP contribution in [0.1, 0.15) is 24.5 Å². The molecule has 2 heteroatoms. The van der Waals surface area contributed by atoms with E-state index in [4.69, 9.17) is 17.3 Å². The van der Waals surface area contributed by atoms with Gasteiger partial charge >= 0.3 is 0 Å². The molecule has 0 saturated carbocycles. The average Bonchev–Trinajstić information content (AvgIpc) is 2.29. The van der Waals surface area contributed by atoms with Gasteiger partial charge in [0.2, 0.25) is 0 Å². The van der Waals surface area contributed by atoms with E-state index in [-0.39, 0.29) is 0 Å². The molecule has 1 aromatic rings. The highest BCUT2D eigenvalue weighted by Gasteiger charge is 1.87. The van der Waals surface area contributed by atoms with Crippen molar-refractivity contribution in [1.82, 2.24) is 0 Å². The number of benzene rings is 1. The quantitative estimate of drug-likeness (QED) is 0.762. The third kappa shape index (κ3) is 5.79. The van der Waals surface area contributed by atoms with Gasteiger partial charge in [-0.2, -0.15) is 0 Å². The minimum atomic E-state index is 0.581. The molecule has 2 N–H and O–H groups in total. The smallest absolute Gasteiger partial charge is 0.0474 e. The molecule has 0 aliphatic rings. The first-order chi connectivity index (χ1) is 6.78. The Morgan fingerprint density at radius 3 is 2.14 bits per heavy atom. The molecule has 0 saturated heterocycles. The van der Waals surface area contributed by atoms with Crippen LogP contribution in [0.2, 0.25) is 0 Å². The third-order valence-corrected chi connectivity index (χ3v) is 1.97. The second-order valence-corrected chi connectivity index (χ2v) is 3.14. The minimum absolute atomic E-state index is 0.581. The van der Waals surface area contributed by atoms with E-state index in [9.17, 15) is 0 Å². The van der Waals surface area contributed by atoms with E-state index in [0.29, 0.717) is 5.88 Å². The zero-order valence-electron chi connectivity index (χ0n) is 8.67. The maximum Gasteiger partial charge on any atom is 0.0474 e. The summed E-state index contributed by atoms with van der Waals surface area (Å²) in [4.78, 5) is 0. The maximum absolute atomic E-state index is 5.60. The summed E-state index contributed by atoms with van der Waals surface area (Å²) in [5, 5.41) is 0. The van der Waals surface area contributed by atoms with Crippen molar-refractivity contribution in [2.24, 2.45) is 5.73 Å². The molecule has 1 aromatic carbocycles. The molecule has 0 amide bonds. The van der Waals surface area contributed by atoms with Gasteiger partial charge in [-0.1, -0.05) is 43.8 Å². The van der Waals surface area contributed by atoms with Crippen LogP contribution in [0.25, 0.3) is 6.08 Å². The van der Waals surface area contributed by atoms with E-state index in [1.165, 1.54) is 0 Å². The summed E-state index contributed by atoms with van der Waals surface area (Å²) in [5.74, 6) is 0.581. The van der Waals surface area contributed by atoms with Gasteiger partial charge in [0.25, 0.3) is 0 Å². The molecule has 1 nitrogen and oxygen atoms in total. The molecule has 0 spiro atoms. The van der Waals surface area contributed by atoms with E-state index in [1.54, 1.807) is 0 Å². The second kappa shape index (κ2) is 8.79. The fourth-order valence-electron chi connectivity index (χ4n) is 0.743. The molecule has 0 fully saturated rings. The Morgan fingerprint density at radius 1 is 1.36 bits per heavy atom. The number of rotatable bonds is 3. The van der Waals surface area contributed by atoms with Crippen LogP contribution in [0, 0.1) is 0 Å². The maximum atomic E-state index is 5.60. The van der Waals surface area contributed by atoms with Crippen molar-refractivity contribution in [2.75, 3.05) is 6.54 Å². The predicted octanol–water partition coefficient (Wildman–Crippen LogP) is 3.42. The SMILES string of the molecule is C=Cc1ccc(CCl)cc1.CCCN. The van der Waals surface area contributed by atoms with E-state index in [0.717, 1.165) is 24.1 Å². The first-order valence-corrected chi connectivity index (χ1v) is 5.29. The number of halogens is 1. The Labute approximate surface area is 91.6 Å². The molecule has 0 aliphatic carbocycles. The van der Waals surface area contributed by atoms with Crippen molar-refractivity contribution < 1.29 is 0 Å². The molecule has 14 heavy (non-hydrogen) atoms. The zero-order chi connectivity index (χ0) is 10.8. The van der Waals surface area contributed by atoms with Crippen molar-refractivity contribution in [3.05, 3.63) is 42.0 Å². The summed E-state index contributed by atoms with van der Waals surface area (Å²) in [5.41, 5.74) is 7.31. The Hall–Kier alpha value is -0.790. The van der Waals surface area contributed by atoms with E-state index >= 15 is 0 Å². The van der Waals surface area contributed by atoms with E-state index < -0.39 is 0 Å². The van der Waals surface area contributed by atoms with Gasteiger partial charge in [-0.25, -0.2) is 0 Å². The molecule has 0 bridgehead atoms. The van der Waals surface area contributed by atoms with Crippen LogP contribution in [0.5, 0.6) is 0 Å². The Morgan fingerprint density at radius 2 is 1.86 bits per heavy atom. The monoisotopic (exact) mass is 211 g/mol. The van der Waals surface area contributed by atoms with Crippen LogP contribution in [-0.2, 0) is 5.88 Å². The van der Waals surface area contributed by atoms with Gasteiger partial charge in [0, 0.05) is 5.88 Å². The van der Waals surface area contributed by atoms with E-state index in [2.05, 4.69) is 13.5 Å². The predicted molar refractivity (Wildman–Crippen MR) is 65.4 cm³/mol. The minimum Gasteiger partial charge on any atom is -0.330 e. The Kier molecular flexibility index (Phi) is 8.30. The summed E-state index contributed by atoms with van der Waals surface area (Å²) < 4.78 is 0. The van der Waals surface area contributed by atoms with Gasteiger partial charge in [-0.05, 0) is 24.1 Å². The average molecular weight is 212 g/mol. The van der Waals surface area contributed by atoms with Crippen LogP contribution in [0.15, 0.2) is 30.8 Å². The first kappa shape index (κ1) is 13.2. The van der Waals surface area contributed by atoms with Gasteiger partial charge in [0.05, 0.1) is 0 Å². The molecule has 78 valence electrons. The van der Waals surface area contributed by atoms with Crippen molar-refractivity contribution in [1.29, 1.82) is 0 Å². The Bertz CT molecular complexity index is 239. The third-order valence-electron chi connectivity index (χ3n) is 1.66. The second-order valence-electron chi connectivity index (χ2n) is 2.87. The van der Waals surface area contributed by atoms with E-state index in [1.807, 2.05) is 30.3 Å². The van der Waals surface area contributed by atoms with Gasteiger partial charge in [-0.15, -0.1) is 11.6 Å². The molecule has 0 radical (unpaired) electrons. The van der Waals surface area contributed by atoms with Crippen LogP contribution in [0.3, 0.4) is 0 Å². The number of hydrogen-bond acceptors (Lipinski definition) is 1. The topological polar surface area (TPSA) is 26.0 Å².